The Morgan fingerprint density at radius 2 is 1.08 bits per heavy atom. The second-order valence-corrected chi connectivity index (χ2v) is 23.9. The Bertz CT molecular complexity index is 2900. The van der Waals surface area contributed by atoms with Gasteiger partial charge in [-0.3, -0.25) is 24.0 Å². The summed E-state index contributed by atoms with van der Waals surface area (Å²) in [5.41, 5.74) is 5.67. The predicted octanol–water partition coefficient (Wildman–Crippen LogP) is 11.1. The molecule has 0 bridgehead atoms. The second-order valence-electron chi connectivity index (χ2n) is 21.3. The number of ether oxygens (including phenoxy) is 2. The van der Waals surface area contributed by atoms with Crippen LogP contribution < -0.4 is 26.6 Å². The first-order valence-electron chi connectivity index (χ1n) is 28.2. The van der Waals surface area contributed by atoms with Crippen molar-refractivity contribution in [2.45, 2.75) is 106 Å². The standard InChI is InChI=1S/C67H79N5O9S2/c1-48(2)61(63(78)69-47-60(76)80-6)72-58(74)42-45-83-67(52-34-18-10-19-35-52,53-36-20-11-21-37-53)55-39-22-23-40-56(55)71-62(77)57(41-24-26-43-68-64(79)81-65(3,4)5)70-59(75)46-54(73)38-25-27-44-82-66(49-28-12-7-13-29-49,50-30-14-8-15-31-50)51-32-16-9-17-33-51/h7-23,25,28-40,48,54,57,61,73H,24,26-27,41-47H2,1-6H3,(H,68,79)(H,69,78)(H,70,75)(H,71,77)(H,72,74). The van der Waals surface area contributed by atoms with Crippen molar-refractivity contribution in [2.24, 2.45) is 5.92 Å². The monoisotopic (exact) mass is 1160 g/mol. The van der Waals surface area contributed by atoms with Crippen molar-refractivity contribution in [1.29, 1.82) is 0 Å². The molecule has 83 heavy (non-hydrogen) atoms. The van der Waals surface area contributed by atoms with E-state index >= 15 is 0 Å². The van der Waals surface area contributed by atoms with E-state index in [0.29, 0.717) is 36.3 Å². The summed E-state index contributed by atoms with van der Waals surface area (Å²) in [4.78, 5) is 79.9. The summed E-state index contributed by atoms with van der Waals surface area (Å²) in [6, 6.07) is 56.3. The molecule has 0 aliphatic carbocycles. The van der Waals surface area contributed by atoms with Gasteiger partial charge in [0.2, 0.25) is 23.6 Å². The van der Waals surface area contributed by atoms with E-state index in [0.717, 1.165) is 27.8 Å². The van der Waals surface area contributed by atoms with Crippen molar-refractivity contribution in [3.05, 3.63) is 221 Å². The fourth-order valence-corrected chi connectivity index (χ4v) is 12.7. The van der Waals surface area contributed by atoms with Gasteiger partial charge in [0.25, 0.3) is 0 Å². The third-order valence-electron chi connectivity index (χ3n) is 13.6. The van der Waals surface area contributed by atoms with Crippen LogP contribution in [0.15, 0.2) is 188 Å². The number of unbranched alkanes of at least 4 members (excludes halogenated alkanes) is 1. The Hall–Kier alpha value is -7.66. The minimum atomic E-state index is -1.14. The minimum Gasteiger partial charge on any atom is -0.468 e. The van der Waals surface area contributed by atoms with Crippen LogP contribution in [0.1, 0.15) is 107 Å². The van der Waals surface area contributed by atoms with Crippen molar-refractivity contribution >= 4 is 64.9 Å². The van der Waals surface area contributed by atoms with Crippen LogP contribution in [-0.4, -0.2) is 96.3 Å². The lowest BCUT2D eigenvalue weighted by Gasteiger charge is -2.37. The van der Waals surface area contributed by atoms with Gasteiger partial charge in [0.15, 0.2) is 0 Å². The smallest absolute Gasteiger partial charge is 0.407 e. The van der Waals surface area contributed by atoms with Crippen LogP contribution in [-0.2, 0) is 42.9 Å². The van der Waals surface area contributed by atoms with Crippen LogP contribution in [0.25, 0.3) is 0 Å². The number of rotatable bonds is 30. The van der Waals surface area contributed by atoms with Crippen LogP contribution in [0.2, 0.25) is 0 Å². The number of carbonyl (C=O) groups excluding carboxylic acids is 6. The highest BCUT2D eigenvalue weighted by atomic mass is 32.2. The van der Waals surface area contributed by atoms with Gasteiger partial charge in [0.05, 0.1) is 29.1 Å². The average Bonchev–Trinajstić information content (AvgIpc) is 3.67. The van der Waals surface area contributed by atoms with Crippen LogP contribution in [0.5, 0.6) is 0 Å². The number of nitrogens with one attached hydrogen (secondary N) is 5. The van der Waals surface area contributed by atoms with Gasteiger partial charge in [-0.2, -0.15) is 0 Å². The number of thioether (sulfide) groups is 2. The van der Waals surface area contributed by atoms with Crippen molar-refractivity contribution in [1.82, 2.24) is 21.3 Å². The molecular weight excluding hydrogens is 1080 g/mol. The Labute approximate surface area is 497 Å². The fourth-order valence-electron chi connectivity index (χ4n) is 9.67. The van der Waals surface area contributed by atoms with E-state index in [2.05, 4.69) is 104 Å². The maximum absolute atomic E-state index is 14.9. The molecule has 3 unspecified atom stereocenters. The SMILES string of the molecule is COC(=O)CNC(=O)C(NC(=O)CCSC(c1ccccc1)(c1ccccc1)c1ccccc1NC(=O)C(CCCCNC(=O)OC(C)(C)C)NC(=O)CC(O)C=CCCSC(c1ccccc1)(c1ccccc1)c1ccccc1)C(C)C. The minimum absolute atomic E-state index is 0.0163. The molecule has 0 fully saturated rings. The maximum Gasteiger partial charge on any atom is 0.407 e. The molecule has 6 aromatic carbocycles. The first-order chi connectivity index (χ1) is 40.0. The molecule has 0 heterocycles. The van der Waals surface area contributed by atoms with Gasteiger partial charge >= 0.3 is 12.1 Å². The number of aliphatic hydroxyl groups excluding tert-OH is 1. The predicted molar refractivity (Wildman–Crippen MR) is 333 cm³/mol. The highest BCUT2D eigenvalue weighted by molar-refractivity contribution is 8.00. The van der Waals surface area contributed by atoms with E-state index in [1.54, 1.807) is 58.5 Å². The lowest BCUT2D eigenvalue weighted by atomic mass is 9.83. The van der Waals surface area contributed by atoms with Crippen LogP contribution >= 0.6 is 23.5 Å². The summed E-state index contributed by atoms with van der Waals surface area (Å²) < 4.78 is 8.55. The van der Waals surface area contributed by atoms with Crippen molar-refractivity contribution in [3.63, 3.8) is 0 Å². The van der Waals surface area contributed by atoms with Gasteiger partial charge in [0, 0.05) is 30.0 Å². The Morgan fingerprint density at radius 3 is 1.59 bits per heavy atom. The lowest BCUT2D eigenvalue weighted by Crippen LogP contribution is -2.50. The molecule has 0 radical (unpaired) electrons. The van der Waals surface area contributed by atoms with E-state index in [1.807, 2.05) is 103 Å². The summed E-state index contributed by atoms with van der Waals surface area (Å²) in [6.07, 6.45) is 3.27. The molecule has 0 spiro atoms. The van der Waals surface area contributed by atoms with Crippen LogP contribution in [0.3, 0.4) is 0 Å². The normalized spacial score (nSPS) is 12.8. The van der Waals surface area contributed by atoms with E-state index in [-0.39, 0.29) is 49.9 Å². The number of methoxy groups -OCH3 is 1. The van der Waals surface area contributed by atoms with Crippen molar-refractivity contribution in [2.75, 3.05) is 37.0 Å². The van der Waals surface area contributed by atoms with E-state index in [9.17, 15) is 33.9 Å². The molecule has 0 saturated carbocycles. The number of esters is 1. The van der Waals surface area contributed by atoms with E-state index in [1.165, 1.54) is 18.9 Å². The Balaban J connectivity index is 1.21. The molecular formula is C67H79N5O9S2. The van der Waals surface area contributed by atoms with E-state index < -0.39 is 63.1 Å². The highest BCUT2D eigenvalue weighted by Gasteiger charge is 2.40. The third kappa shape index (κ3) is 18.9. The molecule has 0 aromatic heterocycles. The molecule has 16 heteroatoms. The number of aliphatic hydroxyl groups is 1. The zero-order valence-electron chi connectivity index (χ0n) is 48.3. The highest BCUT2D eigenvalue weighted by Crippen LogP contribution is 2.51. The summed E-state index contributed by atoms with van der Waals surface area (Å²) in [6.45, 7) is 8.89. The third-order valence-corrected chi connectivity index (χ3v) is 16.7. The molecule has 438 valence electrons. The number of carbonyl (C=O) groups is 6. The van der Waals surface area contributed by atoms with E-state index in [4.69, 9.17) is 4.74 Å². The zero-order valence-corrected chi connectivity index (χ0v) is 49.9. The molecule has 0 aliphatic rings. The number of hydrogen-bond acceptors (Lipinski definition) is 11. The first-order valence-corrected chi connectivity index (χ1v) is 30.1. The number of para-hydroxylation sites is 1. The van der Waals surface area contributed by atoms with Gasteiger partial charge in [-0.15, -0.1) is 23.5 Å². The van der Waals surface area contributed by atoms with Crippen molar-refractivity contribution < 1.29 is 43.3 Å². The number of alkyl carbamates (subject to hydrolysis) is 1. The Morgan fingerprint density at radius 1 is 0.590 bits per heavy atom. The number of anilines is 1. The average molecular weight is 1160 g/mol. The largest absolute Gasteiger partial charge is 0.468 e. The maximum atomic E-state index is 14.9. The molecule has 14 nitrogen and oxygen atoms in total. The summed E-state index contributed by atoms with van der Waals surface area (Å²) >= 11 is 3.30. The molecule has 5 amide bonds. The summed E-state index contributed by atoms with van der Waals surface area (Å²) in [5, 5.41) is 25.6. The number of hydrogen-bond donors (Lipinski definition) is 6. The van der Waals surface area contributed by atoms with Gasteiger partial charge in [-0.25, -0.2) is 4.79 Å². The van der Waals surface area contributed by atoms with Crippen LogP contribution in [0, 0.1) is 5.92 Å². The number of benzene rings is 6. The number of allylic oxidation sites excluding steroid dienone is 1. The zero-order chi connectivity index (χ0) is 59.7. The fraction of sp³-hybridized carbons (Fsp3) is 0.343. The topological polar surface area (TPSA) is 201 Å². The first kappa shape index (κ1) is 64.5. The van der Waals surface area contributed by atoms with Crippen molar-refractivity contribution in [3.8, 4) is 0 Å². The second kappa shape index (κ2) is 32.3. The van der Waals surface area contributed by atoms with Gasteiger partial charge < -0.3 is 41.2 Å². The molecule has 6 aromatic rings. The van der Waals surface area contributed by atoms with Gasteiger partial charge in [-0.1, -0.05) is 196 Å². The summed E-state index contributed by atoms with van der Waals surface area (Å²) in [7, 11) is 1.23. The summed E-state index contributed by atoms with van der Waals surface area (Å²) in [5.74, 6) is -1.81. The van der Waals surface area contributed by atoms with Gasteiger partial charge in [0.1, 0.15) is 24.2 Å². The molecule has 0 saturated heterocycles. The lowest BCUT2D eigenvalue weighted by molar-refractivity contribution is -0.141. The molecule has 6 N–H and O–H groups in total. The Kier molecular flexibility index (Phi) is 25.1. The molecule has 3 atom stereocenters. The van der Waals surface area contributed by atoms with Gasteiger partial charge in [-0.05, 0) is 92.0 Å². The number of amides is 5. The quantitative estimate of drug-likeness (QED) is 0.0108. The molecule has 0 aliphatic heterocycles. The molecule has 6 rings (SSSR count). The van der Waals surface area contributed by atoms with Crippen LogP contribution in [0.4, 0.5) is 10.5 Å².